The van der Waals surface area contributed by atoms with Crippen molar-refractivity contribution in [2.75, 3.05) is 30.0 Å². The van der Waals surface area contributed by atoms with Gasteiger partial charge in [0.15, 0.2) is 0 Å². The van der Waals surface area contributed by atoms with Crippen molar-refractivity contribution in [1.29, 1.82) is 5.26 Å². The Labute approximate surface area is 98.9 Å². The molecular formula is C10H14N4OS. The minimum atomic E-state index is 0.244. The zero-order chi connectivity index (χ0) is 11.6. The molecule has 0 aromatic carbocycles. The lowest BCUT2D eigenvalue weighted by molar-refractivity contribution is 0.296. The third-order valence-electron chi connectivity index (χ3n) is 1.75. The molecule has 0 atom stereocenters. The lowest BCUT2D eigenvalue weighted by Gasteiger charge is -2.03. The highest BCUT2D eigenvalue weighted by Crippen LogP contribution is 2.03. The number of aromatic nitrogens is 2. The molecule has 2 N–H and O–H groups in total. The third-order valence-corrected chi connectivity index (χ3v) is 2.82. The molecule has 1 heterocycles. The molecule has 0 fully saturated rings. The Morgan fingerprint density at radius 2 is 2.38 bits per heavy atom. The predicted molar refractivity (Wildman–Crippen MR) is 64.3 cm³/mol. The molecule has 1 aromatic heterocycles. The minimum absolute atomic E-state index is 0.244. The van der Waals surface area contributed by atoms with Crippen LogP contribution in [0.5, 0.6) is 0 Å². The van der Waals surface area contributed by atoms with Crippen molar-refractivity contribution in [1.82, 2.24) is 9.97 Å². The molecule has 6 heteroatoms. The minimum Gasteiger partial charge on any atom is -0.396 e. The number of nitriles is 1. The number of nitrogens with zero attached hydrogens (tertiary/aromatic N) is 3. The normalized spacial score (nSPS) is 9.75. The average Bonchev–Trinajstić information content (AvgIpc) is 2.34. The first-order valence-corrected chi connectivity index (χ1v) is 6.18. The molecule has 0 unspecified atom stereocenters. The lowest BCUT2D eigenvalue weighted by Crippen LogP contribution is -2.08. The maximum absolute atomic E-state index is 8.63. The summed E-state index contributed by atoms with van der Waals surface area (Å²) in [5, 5.41) is 20.3. The second-order valence-corrected chi connectivity index (χ2v) is 4.22. The van der Waals surface area contributed by atoms with Gasteiger partial charge in [-0.15, -0.1) is 0 Å². The zero-order valence-corrected chi connectivity index (χ0v) is 9.70. The summed E-state index contributed by atoms with van der Waals surface area (Å²) in [5.74, 6) is 2.37. The first-order valence-electron chi connectivity index (χ1n) is 5.02. The monoisotopic (exact) mass is 238 g/mol. The van der Waals surface area contributed by atoms with Gasteiger partial charge in [0.25, 0.3) is 0 Å². The number of aliphatic hydroxyl groups is 1. The van der Waals surface area contributed by atoms with Crippen LogP contribution < -0.4 is 5.32 Å². The van der Waals surface area contributed by atoms with Gasteiger partial charge in [0.2, 0.25) is 5.95 Å². The number of thioether (sulfide) groups is 1. The van der Waals surface area contributed by atoms with Crippen molar-refractivity contribution >= 4 is 17.7 Å². The van der Waals surface area contributed by atoms with Crippen LogP contribution in [0.1, 0.15) is 12.1 Å². The molecule has 0 spiro atoms. The van der Waals surface area contributed by atoms with Crippen LogP contribution in [0.15, 0.2) is 12.3 Å². The molecule has 16 heavy (non-hydrogen) atoms. The van der Waals surface area contributed by atoms with E-state index < -0.39 is 0 Å². The number of rotatable bonds is 7. The quantitative estimate of drug-likeness (QED) is 0.686. The first-order chi connectivity index (χ1) is 7.86. The van der Waals surface area contributed by atoms with Crippen LogP contribution >= 0.6 is 11.8 Å². The van der Waals surface area contributed by atoms with Crippen molar-refractivity contribution in [3.05, 3.63) is 18.0 Å². The second-order valence-electron chi connectivity index (χ2n) is 2.99. The number of anilines is 1. The fraction of sp³-hybridized carbons (Fsp3) is 0.500. The van der Waals surface area contributed by atoms with Crippen LogP contribution in [0.3, 0.4) is 0 Å². The van der Waals surface area contributed by atoms with E-state index in [1.165, 1.54) is 0 Å². The highest BCUT2D eigenvalue weighted by atomic mass is 32.2. The Morgan fingerprint density at radius 3 is 3.12 bits per heavy atom. The summed E-state index contributed by atoms with van der Waals surface area (Å²) >= 11 is 1.76. The summed E-state index contributed by atoms with van der Waals surface area (Å²) in [5.41, 5.74) is 0.366. The van der Waals surface area contributed by atoms with E-state index in [0.29, 0.717) is 11.6 Å². The summed E-state index contributed by atoms with van der Waals surface area (Å²) in [4.78, 5) is 7.99. The van der Waals surface area contributed by atoms with Crippen molar-refractivity contribution < 1.29 is 5.11 Å². The van der Waals surface area contributed by atoms with E-state index in [2.05, 4.69) is 15.3 Å². The van der Waals surface area contributed by atoms with E-state index in [0.717, 1.165) is 24.5 Å². The van der Waals surface area contributed by atoms with Gasteiger partial charge in [-0.05, 0) is 18.2 Å². The van der Waals surface area contributed by atoms with Gasteiger partial charge in [-0.1, -0.05) is 0 Å². The first kappa shape index (κ1) is 12.7. The van der Waals surface area contributed by atoms with E-state index in [-0.39, 0.29) is 6.61 Å². The summed E-state index contributed by atoms with van der Waals surface area (Å²) in [6.07, 6.45) is 2.39. The molecule has 86 valence electrons. The SMILES string of the molecule is N#Cc1ccnc(NCCSCCCO)n1. The zero-order valence-electron chi connectivity index (χ0n) is 8.89. The number of hydrogen-bond donors (Lipinski definition) is 2. The molecular weight excluding hydrogens is 224 g/mol. The van der Waals surface area contributed by atoms with Gasteiger partial charge in [-0.25, -0.2) is 9.97 Å². The van der Waals surface area contributed by atoms with Crippen molar-refractivity contribution in [2.45, 2.75) is 6.42 Å². The van der Waals surface area contributed by atoms with E-state index in [1.54, 1.807) is 24.0 Å². The van der Waals surface area contributed by atoms with Crippen molar-refractivity contribution in [3.63, 3.8) is 0 Å². The molecule has 5 nitrogen and oxygen atoms in total. The predicted octanol–water partition coefficient (Wildman–Crippen LogP) is 0.876. The van der Waals surface area contributed by atoms with Gasteiger partial charge in [0.05, 0.1) is 0 Å². The summed E-state index contributed by atoms with van der Waals surface area (Å²) in [7, 11) is 0. The van der Waals surface area contributed by atoms with Crippen LogP contribution in [0.2, 0.25) is 0 Å². The molecule has 0 aliphatic heterocycles. The van der Waals surface area contributed by atoms with Gasteiger partial charge in [0, 0.05) is 25.1 Å². The smallest absolute Gasteiger partial charge is 0.223 e. The van der Waals surface area contributed by atoms with Gasteiger partial charge >= 0.3 is 0 Å². The summed E-state index contributed by atoms with van der Waals surface area (Å²) in [6, 6.07) is 3.53. The standard InChI is InChI=1S/C10H14N4OS/c11-8-9-2-3-12-10(14-9)13-4-7-16-6-1-5-15/h2-3,15H,1,4-7H2,(H,12,13,14). The van der Waals surface area contributed by atoms with Crippen LogP contribution in [0.4, 0.5) is 5.95 Å². The fourth-order valence-electron chi connectivity index (χ4n) is 1.01. The Balaban J connectivity index is 2.19. The molecule has 0 saturated carbocycles. The Kier molecular flexibility index (Phi) is 6.30. The highest BCUT2D eigenvalue weighted by molar-refractivity contribution is 7.99. The molecule has 0 aliphatic carbocycles. The molecule has 0 saturated heterocycles. The van der Waals surface area contributed by atoms with Crippen LogP contribution in [0.25, 0.3) is 0 Å². The second kappa shape index (κ2) is 7.91. The van der Waals surface area contributed by atoms with E-state index in [9.17, 15) is 0 Å². The van der Waals surface area contributed by atoms with Gasteiger partial charge in [0.1, 0.15) is 11.8 Å². The number of nitrogens with one attached hydrogen (secondary N) is 1. The number of hydrogen-bond acceptors (Lipinski definition) is 6. The topological polar surface area (TPSA) is 81.8 Å². The maximum Gasteiger partial charge on any atom is 0.223 e. The molecule has 0 bridgehead atoms. The Hall–Kier alpha value is -1.32. The molecule has 0 radical (unpaired) electrons. The molecule has 1 rings (SSSR count). The Morgan fingerprint density at radius 1 is 1.50 bits per heavy atom. The summed E-state index contributed by atoms with van der Waals surface area (Å²) in [6.45, 7) is 0.999. The Bertz CT molecular complexity index is 353. The average molecular weight is 238 g/mol. The van der Waals surface area contributed by atoms with Gasteiger partial charge in [-0.3, -0.25) is 0 Å². The lowest BCUT2D eigenvalue weighted by atomic mass is 10.4. The van der Waals surface area contributed by atoms with E-state index in [1.807, 2.05) is 6.07 Å². The molecule has 1 aromatic rings. The summed E-state index contributed by atoms with van der Waals surface area (Å²) < 4.78 is 0. The van der Waals surface area contributed by atoms with Crippen molar-refractivity contribution in [2.24, 2.45) is 0 Å². The van der Waals surface area contributed by atoms with Crippen LogP contribution in [-0.4, -0.2) is 39.7 Å². The van der Waals surface area contributed by atoms with E-state index >= 15 is 0 Å². The van der Waals surface area contributed by atoms with Gasteiger partial charge in [-0.2, -0.15) is 17.0 Å². The van der Waals surface area contributed by atoms with Crippen LogP contribution in [0, 0.1) is 11.3 Å². The van der Waals surface area contributed by atoms with E-state index in [4.69, 9.17) is 10.4 Å². The highest BCUT2D eigenvalue weighted by Gasteiger charge is 1.97. The fourth-order valence-corrected chi connectivity index (χ4v) is 1.79. The third kappa shape index (κ3) is 4.96. The molecule has 0 aliphatic rings. The molecule has 0 amide bonds. The van der Waals surface area contributed by atoms with Gasteiger partial charge < -0.3 is 10.4 Å². The van der Waals surface area contributed by atoms with Crippen molar-refractivity contribution in [3.8, 4) is 6.07 Å². The largest absolute Gasteiger partial charge is 0.396 e. The maximum atomic E-state index is 8.63. The van der Waals surface area contributed by atoms with Crippen LogP contribution in [-0.2, 0) is 0 Å². The number of aliphatic hydroxyl groups excluding tert-OH is 1.